The van der Waals surface area contributed by atoms with Gasteiger partial charge in [0.25, 0.3) is 0 Å². The van der Waals surface area contributed by atoms with E-state index in [1.807, 2.05) is 0 Å². The maximum Gasteiger partial charge on any atom is 0.220 e. The number of alkyl halides is 1. The van der Waals surface area contributed by atoms with Gasteiger partial charge in [0.05, 0.1) is 0 Å². The first kappa shape index (κ1) is 14.8. The summed E-state index contributed by atoms with van der Waals surface area (Å²) in [6, 6.07) is 0.180. The first-order chi connectivity index (χ1) is 6.91. The molecule has 0 aromatic heterocycles. The Hall–Kier alpha value is -0.240. The fourth-order valence-electron chi connectivity index (χ4n) is 1.43. The van der Waals surface area contributed by atoms with Gasteiger partial charge in [0.2, 0.25) is 5.91 Å². The van der Waals surface area contributed by atoms with E-state index in [9.17, 15) is 4.79 Å². The molecule has 1 N–H and O–H groups in total. The molecule has 0 aromatic rings. The summed E-state index contributed by atoms with van der Waals surface area (Å²) in [5.74, 6) is 0.748. The molecule has 90 valence electrons. The van der Waals surface area contributed by atoms with Gasteiger partial charge in [-0.05, 0) is 18.3 Å². The lowest BCUT2D eigenvalue weighted by Crippen LogP contribution is -2.43. The average Bonchev–Trinajstić information content (AvgIpc) is 2.12. The lowest BCUT2D eigenvalue weighted by Gasteiger charge is -2.31. The van der Waals surface area contributed by atoms with Crippen LogP contribution in [0.2, 0.25) is 0 Å². The molecule has 15 heavy (non-hydrogen) atoms. The van der Waals surface area contributed by atoms with E-state index in [1.54, 1.807) is 0 Å². The maximum atomic E-state index is 11.6. The fourth-order valence-corrected chi connectivity index (χ4v) is 1.65. The Balaban J connectivity index is 4.11. The van der Waals surface area contributed by atoms with Crippen molar-refractivity contribution in [3.8, 4) is 0 Å². The van der Waals surface area contributed by atoms with Crippen LogP contribution in [-0.2, 0) is 4.79 Å². The molecular weight excluding hydrogens is 210 g/mol. The van der Waals surface area contributed by atoms with Gasteiger partial charge in [-0.2, -0.15) is 0 Å². The smallest absolute Gasteiger partial charge is 0.220 e. The Morgan fingerprint density at radius 2 is 2.00 bits per heavy atom. The highest BCUT2D eigenvalue weighted by Crippen LogP contribution is 2.22. The van der Waals surface area contributed by atoms with Crippen LogP contribution in [0.4, 0.5) is 0 Å². The second-order valence-electron chi connectivity index (χ2n) is 5.07. The molecule has 0 rings (SSSR count). The van der Waals surface area contributed by atoms with Crippen LogP contribution in [0.3, 0.4) is 0 Å². The number of halogens is 1. The van der Waals surface area contributed by atoms with Crippen molar-refractivity contribution in [3.63, 3.8) is 0 Å². The Morgan fingerprint density at radius 1 is 1.40 bits per heavy atom. The molecule has 0 bridgehead atoms. The molecule has 2 nitrogen and oxygen atoms in total. The summed E-state index contributed by atoms with van der Waals surface area (Å²) in [6.45, 7) is 8.48. The summed E-state index contributed by atoms with van der Waals surface area (Å²) < 4.78 is 0. The summed E-state index contributed by atoms with van der Waals surface area (Å²) in [7, 11) is 0. The van der Waals surface area contributed by atoms with E-state index >= 15 is 0 Å². The topological polar surface area (TPSA) is 29.1 Å². The zero-order valence-corrected chi connectivity index (χ0v) is 11.2. The number of nitrogens with one attached hydrogen (secondary N) is 1. The molecule has 0 saturated carbocycles. The van der Waals surface area contributed by atoms with Crippen LogP contribution in [0.1, 0.15) is 53.4 Å². The van der Waals surface area contributed by atoms with Gasteiger partial charge in [0.15, 0.2) is 0 Å². The maximum absolute atomic E-state index is 11.6. The van der Waals surface area contributed by atoms with E-state index in [2.05, 4.69) is 33.0 Å². The number of unbranched alkanes of at least 4 members (excludes halogenated alkanes) is 1. The lowest BCUT2D eigenvalue weighted by molar-refractivity contribution is -0.122. The molecule has 0 fully saturated rings. The van der Waals surface area contributed by atoms with Gasteiger partial charge >= 0.3 is 0 Å². The molecule has 0 saturated heterocycles. The second kappa shape index (κ2) is 7.10. The van der Waals surface area contributed by atoms with E-state index in [-0.39, 0.29) is 17.4 Å². The molecular formula is C12H24ClNO. The Kier molecular flexibility index (Phi) is 6.99. The van der Waals surface area contributed by atoms with Crippen molar-refractivity contribution in [2.75, 3.05) is 5.88 Å². The number of carbonyl (C=O) groups is 1. The molecule has 3 heteroatoms. The van der Waals surface area contributed by atoms with Gasteiger partial charge in [-0.15, -0.1) is 11.6 Å². The van der Waals surface area contributed by atoms with Gasteiger partial charge in [-0.1, -0.05) is 34.1 Å². The van der Waals surface area contributed by atoms with E-state index in [0.29, 0.717) is 12.3 Å². The Bertz CT molecular complexity index is 187. The minimum Gasteiger partial charge on any atom is -0.353 e. The molecule has 0 aliphatic rings. The first-order valence-electron chi connectivity index (χ1n) is 5.77. The Morgan fingerprint density at radius 3 is 2.40 bits per heavy atom. The van der Waals surface area contributed by atoms with Gasteiger partial charge in [-0.25, -0.2) is 0 Å². The minimum atomic E-state index is 0.0801. The number of hydrogen-bond acceptors (Lipinski definition) is 1. The van der Waals surface area contributed by atoms with Crippen molar-refractivity contribution in [2.45, 2.75) is 59.4 Å². The van der Waals surface area contributed by atoms with Crippen molar-refractivity contribution in [1.29, 1.82) is 0 Å². The normalized spacial score (nSPS) is 13.7. The predicted octanol–water partition coefficient (Wildman–Crippen LogP) is 3.34. The van der Waals surface area contributed by atoms with Crippen LogP contribution >= 0.6 is 11.6 Å². The first-order valence-corrected chi connectivity index (χ1v) is 6.30. The molecule has 0 aliphatic heterocycles. The highest BCUT2D eigenvalue weighted by atomic mass is 35.5. The fraction of sp³-hybridized carbons (Fsp3) is 0.917. The van der Waals surface area contributed by atoms with Crippen molar-refractivity contribution >= 4 is 17.5 Å². The molecule has 1 unspecified atom stereocenters. The molecule has 1 amide bonds. The van der Waals surface area contributed by atoms with Crippen molar-refractivity contribution in [3.05, 3.63) is 0 Å². The van der Waals surface area contributed by atoms with Gasteiger partial charge < -0.3 is 5.32 Å². The molecule has 0 aliphatic carbocycles. The van der Waals surface area contributed by atoms with Crippen molar-refractivity contribution in [1.82, 2.24) is 5.32 Å². The largest absolute Gasteiger partial charge is 0.353 e. The van der Waals surface area contributed by atoms with Gasteiger partial charge in [0, 0.05) is 18.3 Å². The second-order valence-corrected chi connectivity index (χ2v) is 5.45. The summed E-state index contributed by atoms with van der Waals surface area (Å²) in [5, 5.41) is 3.07. The van der Waals surface area contributed by atoms with Gasteiger partial charge in [-0.3, -0.25) is 4.79 Å². The zero-order valence-electron chi connectivity index (χ0n) is 10.4. The third-order valence-corrected chi connectivity index (χ3v) is 2.75. The summed E-state index contributed by atoms with van der Waals surface area (Å²) in [5.41, 5.74) is 0.0801. The number of amides is 1. The molecule has 0 spiro atoms. The molecule has 0 radical (unpaired) electrons. The third-order valence-electron chi connectivity index (χ3n) is 2.54. The third kappa shape index (κ3) is 6.77. The molecule has 0 aromatic carbocycles. The Labute approximate surface area is 98.8 Å². The van der Waals surface area contributed by atoms with Crippen molar-refractivity contribution < 1.29 is 4.79 Å². The quantitative estimate of drug-likeness (QED) is 0.701. The van der Waals surface area contributed by atoms with Crippen LogP contribution in [0.15, 0.2) is 0 Å². The van der Waals surface area contributed by atoms with Gasteiger partial charge in [0.1, 0.15) is 0 Å². The molecule has 1 atom stereocenters. The van der Waals surface area contributed by atoms with Crippen LogP contribution in [0, 0.1) is 5.41 Å². The highest BCUT2D eigenvalue weighted by molar-refractivity contribution is 6.17. The highest BCUT2D eigenvalue weighted by Gasteiger charge is 2.25. The predicted molar refractivity (Wildman–Crippen MR) is 66.2 cm³/mol. The lowest BCUT2D eigenvalue weighted by atomic mass is 9.85. The van der Waals surface area contributed by atoms with Crippen LogP contribution in [0.5, 0.6) is 0 Å². The van der Waals surface area contributed by atoms with Crippen molar-refractivity contribution in [2.24, 2.45) is 5.41 Å². The standard InChI is InChI=1S/C12H24ClNO/c1-5-6-7-11(15)14-10(8-9-13)12(2,3)4/h10H,5-9H2,1-4H3,(H,14,15). The summed E-state index contributed by atoms with van der Waals surface area (Å²) in [6.07, 6.45) is 3.49. The van der Waals surface area contributed by atoms with Crippen LogP contribution in [-0.4, -0.2) is 17.8 Å². The number of carbonyl (C=O) groups excluding carboxylic acids is 1. The monoisotopic (exact) mass is 233 g/mol. The van der Waals surface area contributed by atoms with Crippen LogP contribution in [0.25, 0.3) is 0 Å². The minimum absolute atomic E-state index is 0.0801. The summed E-state index contributed by atoms with van der Waals surface area (Å²) >= 11 is 5.74. The van der Waals surface area contributed by atoms with Crippen LogP contribution < -0.4 is 5.32 Å². The number of hydrogen-bond donors (Lipinski definition) is 1. The zero-order chi connectivity index (χ0) is 11.9. The van der Waals surface area contributed by atoms with E-state index in [4.69, 9.17) is 11.6 Å². The summed E-state index contributed by atoms with van der Waals surface area (Å²) in [4.78, 5) is 11.6. The average molecular weight is 234 g/mol. The van der Waals surface area contributed by atoms with E-state index in [0.717, 1.165) is 19.3 Å². The van der Waals surface area contributed by atoms with E-state index < -0.39 is 0 Å². The van der Waals surface area contributed by atoms with E-state index in [1.165, 1.54) is 0 Å². The SMILES string of the molecule is CCCCC(=O)NC(CCCl)C(C)(C)C. The number of rotatable bonds is 6. The molecule has 0 heterocycles.